The van der Waals surface area contributed by atoms with Crippen molar-refractivity contribution in [1.29, 1.82) is 0 Å². The van der Waals surface area contributed by atoms with E-state index in [0.717, 1.165) is 50.1 Å². The van der Waals surface area contributed by atoms with Crippen LogP contribution in [-0.2, 0) is 52.8 Å². The van der Waals surface area contributed by atoms with Crippen molar-refractivity contribution < 1.29 is 42.6 Å². The summed E-state index contributed by atoms with van der Waals surface area (Å²) in [6, 6.07) is 14.1. The number of esters is 1. The Kier molecular flexibility index (Phi) is 17.8. The number of aromatic nitrogens is 2. The number of ether oxygens (including phenoxy) is 3. The molecule has 0 saturated carbocycles. The summed E-state index contributed by atoms with van der Waals surface area (Å²) in [7, 11) is -0.856. The van der Waals surface area contributed by atoms with E-state index in [2.05, 4.69) is 114 Å². The number of carbonyl (C=O) groups is 5. The number of cyclic esters (lactones) is 1. The highest BCUT2D eigenvalue weighted by molar-refractivity contribution is 6.78. The van der Waals surface area contributed by atoms with Gasteiger partial charge in [-0.05, 0) is 148 Å². The van der Waals surface area contributed by atoms with E-state index in [-0.39, 0.29) is 54.1 Å². The minimum absolute atomic E-state index is 0.0781. The Morgan fingerprint density at radius 3 is 2.26 bits per heavy atom. The molecule has 1 spiro atoms. The lowest BCUT2D eigenvalue weighted by atomic mass is 9.84. The average molecular weight is 1120 g/mol. The minimum Gasteiger partial charge on any atom is -0.543 e. The number of amides is 4. The molecule has 2 N–H and O–H groups in total. The predicted octanol–water partition coefficient (Wildman–Crippen LogP) is 11.2. The zero-order valence-corrected chi connectivity index (χ0v) is 51.7. The molecule has 80 heavy (non-hydrogen) atoms. The van der Waals surface area contributed by atoms with Crippen molar-refractivity contribution in [2.45, 2.75) is 195 Å². The summed E-state index contributed by atoms with van der Waals surface area (Å²) in [4.78, 5) is 81.0. The Hall–Kier alpha value is -5.78. The van der Waals surface area contributed by atoms with Gasteiger partial charge in [-0.3, -0.25) is 29.2 Å². The van der Waals surface area contributed by atoms with E-state index >= 15 is 9.59 Å². The maximum absolute atomic E-state index is 15.4. The van der Waals surface area contributed by atoms with Crippen molar-refractivity contribution in [3.8, 4) is 28.1 Å². The Bertz CT molecular complexity index is 2940. The van der Waals surface area contributed by atoms with E-state index in [1.54, 1.807) is 23.1 Å². The Labute approximate surface area is 476 Å². The molecular weight excluding hydrogens is 1030 g/mol. The van der Waals surface area contributed by atoms with E-state index < -0.39 is 66.8 Å². The number of rotatable bonds is 13. The van der Waals surface area contributed by atoms with Crippen molar-refractivity contribution >= 4 is 49.0 Å². The lowest BCUT2D eigenvalue weighted by Gasteiger charge is -2.42. The van der Waals surface area contributed by atoms with Crippen LogP contribution in [0.3, 0.4) is 0 Å². The van der Waals surface area contributed by atoms with Gasteiger partial charge in [-0.25, -0.2) is 10.2 Å². The Morgan fingerprint density at radius 1 is 0.912 bits per heavy atom. The van der Waals surface area contributed by atoms with Crippen molar-refractivity contribution in [2.75, 3.05) is 39.9 Å². The van der Waals surface area contributed by atoms with Crippen LogP contribution >= 0.6 is 0 Å². The topological polar surface area (TPSA) is 174 Å². The van der Waals surface area contributed by atoms with Gasteiger partial charge in [0.25, 0.3) is 14.2 Å². The van der Waals surface area contributed by atoms with E-state index in [1.807, 2.05) is 53.7 Å². The Morgan fingerprint density at radius 2 is 1.61 bits per heavy atom. The van der Waals surface area contributed by atoms with Crippen LogP contribution in [0.2, 0.25) is 16.6 Å². The number of hydrogen-bond acceptors (Lipinski definition) is 11. The third-order valence-corrected chi connectivity index (χ3v) is 23.5. The molecule has 4 amide bonds. The van der Waals surface area contributed by atoms with Crippen molar-refractivity contribution in [1.82, 2.24) is 35.1 Å². The molecule has 17 heteroatoms. The molecule has 0 aliphatic carbocycles. The second-order valence-electron chi connectivity index (χ2n) is 26.3. The van der Waals surface area contributed by atoms with E-state index in [0.29, 0.717) is 64.0 Å². The first kappa shape index (κ1) is 60.3. The van der Waals surface area contributed by atoms with Gasteiger partial charge in [0, 0.05) is 74.3 Å². The maximum atomic E-state index is 15.4. The van der Waals surface area contributed by atoms with Crippen LogP contribution in [0.5, 0.6) is 5.75 Å². The molecule has 6 bridgehead atoms. The Balaban J connectivity index is 1.27. The van der Waals surface area contributed by atoms with Gasteiger partial charge >= 0.3 is 12.1 Å². The lowest BCUT2D eigenvalue weighted by Crippen LogP contribution is -2.62. The summed E-state index contributed by atoms with van der Waals surface area (Å²) < 4.78 is 27.7. The average Bonchev–Trinajstić information content (AvgIpc) is 4.08. The third kappa shape index (κ3) is 12.1. The smallest absolute Gasteiger partial charge is 0.410 e. The SMILES string of the molecule is CCn1c(-c2cccnc2[C@H](C)OC)c2c3cc(ccc31)-c1cc(cc(O[Si](C(C)C)(C(C)C)C(C)C)c1)C[C@H](NC(=O)[C@H](C(C)C)N1CC[C@]3(CCN(C(=O)OC(C)(C)C)C3)C1=O)C(=O)N1CCC[C@H](N1)C(=O)OCC(C)(C)C2. The van der Waals surface area contributed by atoms with Gasteiger partial charge in [-0.15, -0.1) is 0 Å². The normalized spacial score (nSPS) is 21.9. The van der Waals surface area contributed by atoms with E-state index in [1.165, 1.54) is 5.01 Å². The van der Waals surface area contributed by atoms with Gasteiger partial charge in [-0.2, -0.15) is 0 Å². The molecule has 8 rings (SSSR count). The molecule has 0 unspecified atom stereocenters. The molecule has 3 fully saturated rings. The van der Waals surface area contributed by atoms with Crippen molar-refractivity contribution in [3.63, 3.8) is 0 Å². The molecule has 6 heterocycles. The van der Waals surface area contributed by atoms with Crippen LogP contribution in [-0.4, -0.2) is 126 Å². The highest BCUT2D eigenvalue weighted by Crippen LogP contribution is 2.47. The molecule has 5 atom stereocenters. The summed E-state index contributed by atoms with van der Waals surface area (Å²) in [6.07, 6.45) is 3.63. The maximum Gasteiger partial charge on any atom is 0.410 e. The number of hydrazine groups is 1. The first-order valence-corrected chi connectivity index (χ1v) is 31.6. The van der Waals surface area contributed by atoms with Crippen LogP contribution in [0, 0.1) is 16.7 Å². The van der Waals surface area contributed by atoms with Crippen LogP contribution in [0.1, 0.15) is 152 Å². The zero-order chi connectivity index (χ0) is 58.4. The summed E-state index contributed by atoms with van der Waals surface area (Å²) in [5, 5.41) is 5.74. The summed E-state index contributed by atoms with van der Waals surface area (Å²) >= 11 is 0. The van der Waals surface area contributed by atoms with Crippen LogP contribution in [0.15, 0.2) is 54.7 Å². The second kappa shape index (κ2) is 23.6. The molecule has 436 valence electrons. The molecule has 2 aromatic heterocycles. The zero-order valence-electron chi connectivity index (χ0n) is 50.7. The van der Waals surface area contributed by atoms with Crippen LogP contribution in [0.4, 0.5) is 4.79 Å². The highest BCUT2D eigenvalue weighted by Gasteiger charge is 2.55. The van der Waals surface area contributed by atoms with Gasteiger partial charge in [0.2, 0.25) is 11.8 Å². The van der Waals surface area contributed by atoms with Gasteiger partial charge in [0.15, 0.2) is 0 Å². The van der Waals surface area contributed by atoms with Gasteiger partial charge in [0.1, 0.15) is 29.5 Å². The molecule has 0 radical (unpaired) electrons. The standard InChI is InChI=1S/C63H91N7O9Si/c1-17-68-52-23-22-44-34-48(52)49(55(68)47-20-18-26-64-53(47)42(10)76-16)35-62(14,15)37-77-58(73)50-21-19-27-70(66-50)57(72)51(32-43-30-45(44)33-46(31-43)79-80(39(4)5,40(6)7)41(8)9)65-56(71)54(38(2)3)69-29-25-63(59(69)74)24-28-67(36-63)60(75)78-61(11,12)13/h18,20,22-23,26,30-31,33-34,38-42,50-51,54,66H,17,19,21,24-25,27-29,32,35-37H2,1-16H3,(H,65,71)/t42-,50-,51-,54-,63-/m0/s1. The molecular formula is C63H91N7O9Si. The number of hydrogen-bond donors (Lipinski definition) is 2. The van der Waals surface area contributed by atoms with Gasteiger partial charge < -0.3 is 38.3 Å². The number of carbonyl (C=O) groups excluding carboxylic acids is 5. The third-order valence-electron chi connectivity index (χ3n) is 17.5. The molecule has 4 aliphatic heterocycles. The summed E-state index contributed by atoms with van der Waals surface area (Å²) in [5.74, 6) is -1.12. The number of likely N-dealkylation sites (tertiary alicyclic amines) is 2. The number of nitrogens with zero attached hydrogens (tertiary/aromatic N) is 5. The van der Waals surface area contributed by atoms with Crippen molar-refractivity contribution in [3.05, 3.63) is 71.5 Å². The monoisotopic (exact) mass is 1120 g/mol. The fourth-order valence-corrected chi connectivity index (χ4v) is 18.8. The fourth-order valence-electron chi connectivity index (χ4n) is 13.6. The first-order chi connectivity index (χ1) is 37.6. The van der Waals surface area contributed by atoms with Crippen LogP contribution < -0.4 is 15.2 Å². The van der Waals surface area contributed by atoms with Crippen LogP contribution in [0.25, 0.3) is 33.3 Å². The minimum atomic E-state index is -2.55. The number of methoxy groups -OCH3 is 1. The van der Waals surface area contributed by atoms with E-state index in [4.69, 9.17) is 23.6 Å². The molecule has 16 nitrogen and oxygen atoms in total. The van der Waals surface area contributed by atoms with Gasteiger partial charge in [0.05, 0.1) is 29.5 Å². The number of pyridine rings is 1. The number of nitrogens with one attached hydrogen (secondary N) is 2. The fraction of sp³-hybridized carbons (Fsp3) is 0.619. The quantitative estimate of drug-likeness (QED) is 0.0963. The molecule has 3 saturated heterocycles. The summed E-state index contributed by atoms with van der Waals surface area (Å²) in [6.45, 7) is 33.3. The second-order valence-corrected chi connectivity index (χ2v) is 31.7. The lowest BCUT2D eigenvalue weighted by molar-refractivity contribution is -0.155. The number of aryl methyl sites for hydroxylation is 1. The van der Waals surface area contributed by atoms with Gasteiger partial charge in [-0.1, -0.05) is 81.4 Å². The summed E-state index contributed by atoms with van der Waals surface area (Å²) in [5.41, 5.74) is 9.59. The first-order valence-electron chi connectivity index (χ1n) is 29.4. The largest absolute Gasteiger partial charge is 0.543 e. The molecule has 2 aromatic carbocycles. The number of benzene rings is 2. The highest BCUT2D eigenvalue weighted by atomic mass is 28.4. The predicted molar refractivity (Wildman–Crippen MR) is 315 cm³/mol. The molecule has 4 aliphatic rings. The number of fused-ring (bicyclic) bond motifs is 6. The van der Waals surface area contributed by atoms with E-state index in [9.17, 15) is 14.4 Å². The van der Waals surface area contributed by atoms with Crippen molar-refractivity contribution in [2.24, 2.45) is 16.7 Å². The molecule has 4 aromatic rings.